The molecule has 4 aromatic rings. The maximum absolute atomic E-state index is 12.3. The number of carbonyl (C=O) groups is 1. The number of carbonyl (C=O) groups excluding carboxylic acids is 1. The molecule has 178 valence electrons. The number of fused-ring (bicyclic) bond motifs is 1. The third-order valence-electron chi connectivity index (χ3n) is 5.38. The van der Waals surface area contributed by atoms with Crippen LogP contribution in [0.5, 0.6) is 5.75 Å². The number of nitriles is 1. The van der Waals surface area contributed by atoms with Crippen molar-refractivity contribution in [3.05, 3.63) is 58.9 Å². The van der Waals surface area contributed by atoms with Crippen LogP contribution in [-0.4, -0.2) is 56.4 Å². The summed E-state index contributed by atoms with van der Waals surface area (Å²) in [4.78, 5) is 33.8. The van der Waals surface area contributed by atoms with E-state index in [0.717, 1.165) is 5.56 Å². The molecule has 0 bridgehead atoms. The minimum Gasteiger partial charge on any atom is -0.493 e. The van der Waals surface area contributed by atoms with E-state index in [1.807, 2.05) is 13.8 Å². The maximum Gasteiger partial charge on any atom is 0.271 e. The number of hydrogen-bond acceptors (Lipinski definition) is 8. The van der Waals surface area contributed by atoms with Crippen LogP contribution in [0, 0.1) is 11.3 Å². The standard InChI is InChI=1S/C24H23ClN8O2/c1-5-35-21-15(13(2)32-23-20-22(29-11-28-20)30-12-31-23)8-17(25)16(9-26)19(21)14-6-7-18(27-10-14)24(34)33(3)4/h6-8,10-13H,5H2,1-4H3,(H2,28,29,30,31,32). The van der Waals surface area contributed by atoms with Gasteiger partial charge >= 0.3 is 0 Å². The molecule has 0 saturated heterocycles. The molecular weight excluding hydrogens is 468 g/mol. The number of anilines is 1. The van der Waals surface area contributed by atoms with Gasteiger partial charge in [-0.15, -0.1) is 0 Å². The van der Waals surface area contributed by atoms with Crippen LogP contribution >= 0.6 is 11.6 Å². The number of pyridine rings is 1. The van der Waals surface area contributed by atoms with E-state index in [-0.39, 0.29) is 22.5 Å². The minimum atomic E-state index is -0.321. The lowest BCUT2D eigenvalue weighted by molar-refractivity contribution is 0.0822. The van der Waals surface area contributed by atoms with E-state index in [1.54, 1.807) is 44.8 Å². The lowest BCUT2D eigenvalue weighted by Crippen LogP contribution is -2.22. The predicted molar refractivity (Wildman–Crippen MR) is 132 cm³/mol. The van der Waals surface area contributed by atoms with Crippen LogP contribution in [0.1, 0.15) is 41.5 Å². The molecule has 0 fully saturated rings. The van der Waals surface area contributed by atoms with Crippen molar-refractivity contribution in [2.75, 3.05) is 26.0 Å². The highest BCUT2D eigenvalue weighted by Gasteiger charge is 2.24. The van der Waals surface area contributed by atoms with Crippen LogP contribution in [-0.2, 0) is 0 Å². The zero-order valence-electron chi connectivity index (χ0n) is 19.6. The molecule has 3 heterocycles. The molecular formula is C24H23ClN8O2. The molecule has 1 unspecified atom stereocenters. The Bertz CT molecular complexity index is 1430. The summed E-state index contributed by atoms with van der Waals surface area (Å²) in [6, 6.07) is 6.93. The SMILES string of the molecule is CCOc1c(C(C)Nc2ncnc3[nH]cnc23)cc(Cl)c(C#N)c1-c1ccc(C(=O)N(C)C)nc1. The molecule has 0 radical (unpaired) electrons. The number of H-pyrrole nitrogens is 1. The number of rotatable bonds is 7. The molecule has 0 aliphatic rings. The maximum atomic E-state index is 12.3. The van der Waals surface area contributed by atoms with Crippen LogP contribution in [0.2, 0.25) is 5.02 Å². The normalized spacial score (nSPS) is 11.7. The molecule has 1 aromatic carbocycles. The summed E-state index contributed by atoms with van der Waals surface area (Å²) < 4.78 is 6.06. The summed E-state index contributed by atoms with van der Waals surface area (Å²) >= 11 is 6.57. The fourth-order valence-corrected chi connectivity index (χ4v) is 3.96. The summed E-state index contributed by atoms with van der Waals surface area (Å²) in [6.07, 6.45) is 4.54. The molecule has 0 spiro atoms. The number of aromatic amines is 1. The number of halogens is 1. The molecule has 1 amide bonds. The van der Waals surface area contributed by atoms with Gasteiger partial charge in [-0.05, 0) is 26.0 Å². The third-order valence-corrected chi connectivity index (χ3v) is 5.67. The number of amides is 1. The Hall–Kier alpha value is -4.23. The average molecular weight is 491 g/mol. The Kier molecular flexibility index (Phi) is 6.80. The van der Waals surface area contributed by atoms with E-state index in [4.69, 9.17) is 16.3 Å². The van der Waals surface area contributed by atoms with Crippen LogP contribution in [0.15, 0.2) is 37.1 Å². The third kappa shape index (κ3) is 4.58. The molecule has 2 N–H and O–H groups in total. The summed E-state index contributed by atoms with van der Waals surface area (Å²) in [5.41, 5.74) is 3.60. The van der Waals surface area contributed by atoms with Crippen LogP contribution in [0.4, 0.5) is 5.82 Å². The van der Waals surface area contributed by atoms with Gasteiger partial charge in [-0.1, -0.05) is 17.7 Å². The number of hydrogen-bond donors (Lipinski definition) is 2. The smallest absolute Gasteiger partial charge is 0.271 e. The Balaban J connectivity index is 1.82. The van der Waals surface area contributed by atoms with Gasteiger partial charge in [-0.3, -0.25) is 9.78 Å². The van der Waals surface area contributed by atoms with E-state index < -0.39 is 0 Å². The first-order chi connectivity index (χ1) is 16.8. The van der Waals surface area contributed by atoms with Gasteiger partial charge in [0.15, 0.2) is 11.5 Å². The second-order valence-corrected chi connectivity index (χ2v) is 8.30. The fourth-order valence-electron chi connectivity index (χ4n) is 3.71. The van der Waals surface area contributed by atoms with Crippen molar-refractivity contribution >= 4 is 34.5 Å². The van der Waals surface area contributed by atoms with Crippen molar-refractivity contribution in [3.8, 4) is 22.9 Å². The van der Waals surface area contributed by atoms with E-state index in [9.17, 15) is 10.1 Å². The van der Waals surface area contributed by atoms with Crippen LogP contribution in [0.3, 0.4) is 0 Å². The Labute approximate surface area is 207 Å². The summed E-state index contributed by atoms with van der Waals surface area (Å²) in [7, 11) is 3.32. The van der Waals surface area contributed by atoms with Crippen molar-refractivity contribution in [1.82, 2.24) is 29.8 Å². The molecule has 35 heavy (non-hydrogen) atoms. The monoisotopic (exact) mass is 490 g/mol. The Morgan fingerprint density at radius 2 is 2.09 bits per heavy atom. The zero-order valence-corrected chi connectivity index (χ0v) is 20.4. The van der Waals surface area contributed by atoms with E-state index in [0.29, 0.717) is 46.2 Å². The number of nitrogens with one attached hydrogen (secondary N) is 2. The van der Waals surface area contributed by atoms with Crippen molar-refractivity contribution in [1.29, 1.82) is 5.26 Å². The second kappa shape index (κ2) is 9.95. The predicted octanol–water partition coefficient (Wildman–Crippen LogP) is 4.21. The largest absolute Gasteiger partial charge is 0.493 e. The Morgan fingerprint density at radius 3 is 2.74 bits per heavy atom. The van der Waals surface area contributed by atoms with E-state index in [2.05, 4.69) is 36.3 Å². The van der Waals surface area contributed by atoms with Gasteiger partial charge in [-0.25, -0.2) is 15.0 Å². The summed E-state index contributed by atoms with van der Waals surface area (Å²) in [6.45, 7) is 4.16. The summed E-state index contributed by atoms with van der Waals surface area (Å²) in [5, 5.41) is 13.5. The lowest BCUT2D eigenvalue weighted by Gasteiger charge is -2.23. The highest BCUT2D eigenvalue weighted by atomic mass is 35.5. The van der Waals surface area contributed by atoms with Crippen molar-refractivity contribution in [2.45, 2.75) is 19.9 Å². The van der Waals surface area contributed by atoms with Gasteiger partial charge in [0, 0.05) is 37.0 Å². The molecule has 0 aliphatic heterocycles. The molecule has 4 rings (SSSR count). The second-order valence-electron chi connectivity index (χ2n) is 7.89. The van der Waals surface area contributed by atoms with Gasteiger partial charge in [0.25, 0.3) is 5.91 Å². The summed E-state index contributed by atoms with van der Waals surface area (Å²) in [5.74, 6) is 0.817. The molecule has 0 saturated carbocycles. The molecule has 0 aliphatic carbocycles. The van der Waals surface area contributed by atoms with E-state index in [1.165, 1.54) is 11.2 Å². The highest BCUT2D eigenvalue weighted by Crippen LogP contribution is 2.43. The molecule has 1 atom stereocenters. The van der Waals surface area contributed by atoms with Gasteiger partial charge in [0.1, 0.15) is 29.4 Å². The first-order valence-corrected chi connectivity index (χ1v) is 11.2. The molecule has 11 heteroatoms. The highest BCUT2D eigenvalue weighted by molar-refractivity contribution is 6.32. The number of aromatic nitrogens is 5. The van der Waals surface area contributed by atoms with Crippen molar-refractivity contribution in [3.63, 3.8) is 0 Å². The van der Waals surface area contributed by atoms with Gasteiger partial charge in [0.2, 0.25) is 0 Å². The Morgan fingerprint density at radius 1 is 1.29 bits per heavy atom. The van der Waals surface area contributed by atoms with Gasteiger partial charge in [0.05, 0.1) is 29.6 Å². The van der Waals surface area contributed by atoms with Crippen molar-refractivity contribution < 1.29 is 9.53 Å². The quantitative estimate of drug-likeness (QED) is 0.393. The first kappa shape index (κ1) is 23.9. The van der Waals surface area contributed by atoms with Gasteiger partial charge < -0.3 is 19.9 Å². The van der Waals surface area contributed by atoms with E-state index >= 15 is 0 Å². The van der Waals surface area contributed by atoms with Crippen LogP contribution in [0.25, 0.3) is 22.3 Å². The molecule has 3 aromatic heterocycles. The zero-order chi connectivity index (χ0) is 25.1. The van der Waals surface area contributed by atoms with Crippen LogP contribution < -0.4 is 10.1 Å². The lowest BCUT2D eigenvalue weighted by atomic mass is 9.94. The average Bonchev–Trinajstić information content (AvgIpc) is 3.34. The number of nitrogens with zero attached hydrogens (tertiary/aromatic N) is 6. The van der Waals surface area contributed by atoms with Crippen molar-refractivity contribution in [2.24, 2.45) is 0 Å². The number of imidazole rings is 1. The number of benzene rings is 1. The fraction of sp³-hybridized carbons (Fsp3) is 0.250. The topological polar surface area (TPSA) is 133 Å². The number of ether oxygens (including phenoxy) is 1. The minimum absolute atomic E-state index is 0.221. The van der Waals surface area contributed by atoms with Gasteiger partial charge in [-0.2, -0.15) is 5.26 Å². The molecule has 10 nitrogen and oxygen atoms in total. The first-order valence-electron chi connectivity index (χ1n) is 10.8.